The molecule has 0 heterocycles. The summed E-state index contributed by atoms with van der Waals surface area (Å²) in [4.78, 5) is 22.9. The molecule has 132 valence electrons. The molecule has 0 radical (unpaired) electrons. The molecule has 6 heteroatoms. The first kappa shape index (κ1) is 18.8. The fraction of sp³-hybridized carbons (Fsp3) is 0.263. The Labute approximate surface area is 152 Å². The van der Waals surface area contributed by atoms with E-state index in [2.05, 4.69) is 5.32 Å². The number of hydrogen-bond acceptors (Lipinski definition) is 3. The molecule has 0 spiro atoms. The second kappa shape index (κ2) is 8.53. The second-order valence-corrected chi connectivity index (χ2v) is 6.19. The van der Waals surface area contributed by atoms with Gasteiger partial charge in [-0.25, -0.2) is 0 Å². The lowest BCUT2D eigenvalue weighted by molar-refractivity contribution is -0.116. The summed E-state index contributed by atoms with van der Waals surface area (Å²) in [6.07, 6.45) is 0.926. The van der Waals surface area contributed by atoms with Crippen LogP contribution in [0.15, 0.2) is 36.4 Å². The molecular weight excluding hydrogens is 340 g/mol. The molecule has 2 rings (SSSR count). The van der Waals surface area contributed by atoms with Gasteiger partial charge in [-0.1, -0.05) is 11.6 Å². The van der Waals surface area contributed by atoms with Crippen LogP contribution in [0.2, 0.25) is 5.02 Å². The van der Waals surface area contributed by atoms with Crippen LogP contribution in [0, 0.1) is 13.8 Å². The van der Waals surface area contributed by atoms with Gasteiger partial charge in [-0.15, -0.1) is 0 Å². The number of carbonyl (C=O) groups is 2. The molecule has 5 nitrogen and oxygen atoms in total. The van der Waals surface area contributed by atoms with Crippen LogP contribution in [-0.2, 0) is 4.79 Å². The quantitative estimate of drug-likeness (QED) is 0.736. The number of nitrogens with one attached hydrogen (secondary N) is 1. The number of amides is 2. The number of ether oxygens (including phenoxy) is 1. The molecule has 2 aromatic carbocycles. The minimum atomic E-state index is -0.498. The van der Waals surface area contributed by atoms with Gasteiger partial charge in [-0.2, -0.15) is 0 Å². The molecule has 0 fully saturated rings. The average molecular weight is 361 g/mol. The van der Waals surface area contributed by atoms with Crippen LogP contribution < -0.4 is 15.8 Å². The topological polar surface area (TPSA) is 81.4 Å². The number of nitrogens with two attached hydrogens (primary N) is 1. The van der Waals surface area contributed by atoms with E-state index in [1.54, 1.807) is 24.3 Å². The lowest BCUT2D eigenvalue weighted by atomic mass is 10.1. The Hall–Kier alpha value is -2.53. The highest BCUT2D eigenvalue weighted by Gasteiger charge is 2.06. The molecular formula is C19H21ClN2O3. The van der Waals surface area contributed by atoms with E-state index in [0.717, 1.165) is 21.9 Å². The molecule has 0 bridgehead atoms. The van der Waals surface area contributed by atoms with Gasteiger partial charge in [0.15, 0.2) is 0 Å². The number of aryl methyl sites for hydroxylation is 2. The van der Waals surface area contributed by atoms with E-state index in [9.17, 15) is 9.59 Å². The number of anilines is 1. The highest BCUT2D eigenvalue weighted by atomic mass is 35.5. The Kier molecular flexibility index (Phi) is 6.42. The minimum Gasteiger partial charge on any atom is -0.494 e. The summed E-state index contributed by atoms with van der Waals surface area (Å²) in [6, 6.07) is 10.2. The maximum Gasteiger partial charge on any atom is 0.248 e. The SMILES string of the molecule is Cc1cc(OCCCC(=O)Nc2ccc(C(N)=O)cc2)cc(C)c1Cl. The predicted octanol–water partition coefficient (Wildman–Crippen LogP) is 3.85. The van der Waals surface area contributed by atoms with Crippen molar-refractivity contribution in [3.63, 3.8) is 0 Å². The summed E-state index contributed by atoms with van der Waals surface area (Å²) in [5.74, 6) is 0.142. The van der Waals surface area contributed by atoms with Crippen molar-refractivity contribution in [1.82, 2.24) is 0 Å². The van der Waals surface area contributed by atoms with Gasteiger partial charge in [0.1, 0.15) is 5.75 Å². The third kappa shape index (κ3) is 5.50. The lowest BCUT2D eigenvalue weighted by Gasteiger charge is -2.10. The fourth-order valence-electron chi connectivity index (χ4n) is 2.35. The number of carbonyl (C=O) groups excluding carboxylic acids is 2. The molecule has 0 saturated carbocycles. The summed E-state index contributed by atoms with van der Waals surface area (Å²) in [7, 11) is 0. The van der Waals surface area contributed by atoms with E-state index in [1.165, 1.54) is 0 Å². The molecule has 2 aromatic rings. The summed E-state index contributed by atoms with van der Waals surface area (Å²) in [5.41, 5.74) is 8.13. The number of primary amides is 1. The summed E-state index contributed by atoms with van der Waals surface area (Å²) in [6.45, 7) is 4.30. The zero-order valence-corrected chi connectivity index (χ0v) is 15.0. The fourth-order valence-corrected chi connectivity index (χ4v) is 2.46. The second-order valence-electron chi connectivity index (χ2n) is 5.81. The van der Waals surface area contributed by atoms with E-state index in [0.29, 0.717) is 30.7 Å². The zero-order chi connectivity index (χ0) is 18.4. The smallest absolute Gasteiger partial charge is 0.248 e. The molecule has 0 saturated heterocycles. The summed E-state index contributed by atoms with van der Waals surface area (Å²) >= 11 is 6.12. The van der Waals surface area contributed by atoms with Gasteiger partial charge < -0.3 is 15.8 Å². The standard InChI is InChI=1S/C19H21ClN2O3/c1-12-10-16(11-13(2)18(12)20)25-9-3-4-17(23)22-15-7-5-14(6-8-15)19(21)24/h5-8,10-11H,3-4,9H2,1-2H3,(H2,21,24)(H,22,23). The van der Waals surface area contributed by atoms with Crippen molar-refractivity contribution in [2.45, 2.75) is 26.7 Å². The maximum atomic E-state index is 11.9. The zero-order valence-electron chi connectivity index (χ0n) is 14.3. The third-order valence-corrected chi connectivity index (χ3v) is 4.28. The molecule has 0 aliphatic rings. The molecule has 0 aliphatic carbocycles. The largest absolute Gasteiger partial charge is 0.494 e. The first-order chi connectivity index (χ1) is 11.9. The van der Waals surface area contributed by atoms with Crippen LogP contribution in [0.25, 0.3) is 0 Å². The van der Waals surface area contributed by atoms with Crippen LogP contribution in [0.4, 0.5) is 5.69 Å². The van der Waals surface area contributed by atoms with Crippen LogP contribution in [0.1, 0.15) is 34.3 Å². The monoisotopic (exact) mass is 360 g/mol. The van der Waals surface area contributed by atoms with Gasteiger partial charge in [0, 0.05) is 22.7 Å². The number of halogens is 1. The molecule has 0 aliphatic heterocycles. The summed E-state index contributed by atoms with van der Waals surface area (Å²) < 4.78 is 5.68. The van der Waals surface area contributed by atoms with Gasteiger partial charge >= 0.3 is 0 Å². The van der Waals surface area contributed by atoms with Crippen molar-refractivity contribution in [3.8, 4) is 5.75 Å². The number of hydrogen-bond donors (Lipinski definition) is 2. The first-order valence-corrected chi connectivity index (χ1v) is 8.34. The predicted molar refractivity (Wildman–Crippen MR) is 99.2 cm³/mol. The van der Waals surface area contributed by atoms with Crippen molar-refractivity contribution in [2.75, 3.05) is 11.9 Å². The highest BCUT2D eigenvalue weighted by molar-refractivity contribution is 6.32. The minimum absolute atomic E-state index is 0.112. The normalized spacial score (nSPS) is 10.4. The van der Waals surface area contributed by atoms with Crippen molar-refractivity contribution < 1.29 is 14.3 Å². The van der Waals surface area contributed by atoms with E-state index in [4.69, 9.17) is 22.1 Å². The van der Waals surface area contributed by atoms with Crippen LogP contribution in [0.3, 0.4) is 0 Å². The first-order valence-electron chi connectivity index (χ1n) is 7.96. The number of rotatable bonds is 7. The molecule has 0 unspecified atom stereocenters. The van der Waals surface area contributed by atoms with Gasteiger partial charge in [0.2, 0.25) is 11.8 Å². The van der Waals surface area contributed by atoms with E-state index in [-0.39, 0.29) is 5.91 Å². The van der Waals surface area contributed by atoms with Crippen LogP contribution in [-0.4, -0.2) is 18.4 Å². The third-order valence-electron chi connectivity index (χ3n) is 3.68. The van der Waals surface area contributed by atoms with Crippen molar-refractivity contribution in [1.29, 1.82) is 0 Å². The molecule has 0 atom stereocenters. The number of benzene rings is 2. The Morgan fingerprint density at radius 2 is 1.72 bits per heavy atom. The maximum absolute atomic E-state index is 11.9. The van der Waals surface area contributed by atoms with E-state index >= 15 is 0 Å². The lowest BCUT2D eigenvalue weighted by Crippen LogP contribution is -2.14. The van der Waals surface area contributed by atoms with Crippen LogP contribution >= 0.6 is 11.6 Å². The van der Waals surface area contributed by atoms with Crippen molar-refractivity contribution >= 4 is 29.1 Å². The van der Waals surface area contributed by atoms with Crippen LogP contribution in [0.5, 0.6) is 5.75 Å². The Bertz CT molecular complexity index is 750. The average Bonchev–Trinajstić information content (AvgIpc) is 2.57. The Morgan fingerprint density at radius 1 is 1.12 bits per heavy atom. The molecule has 3 N–H and O–H groups in total. The Morgan fingerprint density at radius 3 is 2.28 bits per heavy atom. The Balaban J connectivity index is 1.76. The molecule has 0 aromatic heterocycles. The highest BCUT2D eigenvalue weighted by Crippen LogP contribution is 2.25. The van der Waals surface area contributed by atoms with Gasteiger partial charge in [-0.05, 0) is 67.8 Å². The van der Waals surface area contributed by atoms with Gasteiger partial charge in [0.25, 0.3) is 0 Å². The van der Waals surface area contributed by atoms with E-state index < -0.39 is 5.91 Å². The van der Waals surface area contributed by atoms with E-state index in [1.807, 2.05) is 26.0 Å². The van der Waals surface area contributed by atoms with Crippen molar-refractivity contribution in [3.05, 3.63) is 58.1 Å². The molecule has 25 heavy (non-hydrogen) atoms. The van der Waals surface area contributed by atoms with Gasteiger partial charge in [0.05, 0.1) is 6.61 Å². The molecule has 2 amide bonds. The van der Waals surface area contributed by atoms with Gasteiger partial charge in [-0.3, -0.25) is 9.59 Å². The summed E-state index contributed by atoms with van der Waals surface area (Å²) in [5, 5.41) is 3.51. The van der Waals surface area contributed by atoms with Crippen molar-refractivity contribution in [2.24, 2.45) is 5.73 Å².